The zero-order chi connectivity index (χ0) is 16.2. The number of nitro groups is 1. The molecular weight excluding hydrogens is 346 g/mol. The zero-order valence-corrected chi connectivity index (χ0v) is 14.3. The molecule has 1 aromatic carbocycles. The topological polar surface area (TPSA) is 111 Å². The van der Waals surface area contributed by atoms with Gasteiger partial charge in [-0.3, -0.25) is 10.1 Å². The van der Waals surface area contributed by atoms with Crippen LogP contribution < -0.4 is 14.8 Å². The van der Waals surface area contributed by atoms with Crippen LogP contribution in [-0.4, -0.2) is 40.1 Å². The Hall–Kier alpha value is -1.42. The Morgan fingerprint density at radius 2 is 2.22 bits per heavy atom. The molecule has 2 rings (SSSR count). The minimum absolute atomic E-state index is 0. The number of nitro benzene ring substituents is 1. The summed E-state index contributed by atoms with van der Waals surface area (Å²) >= 11 is 0. The third-order valence-electron chi connectivity index (χ3n) is 3.66. The van der Waals surface area contributed by atoms with Crippen LogP contribution in [-0.2, 0) is 10.0 Å². The molecule has 0 saturated carbocycles. The summed E-state index contributed by atoms with van der Waals surface area (Å²) in [7, 11) is -2.56. The average Bonchev–Trinajstić information content (AvgIpc) is 2.99. The molecule has 0 amide bonds. The van der Waals surface area contributed by atoms with Crippen molar-refractivity contribution in [3.05, 3.63) is 28.3 Å². The number of nitrogens with one attached hydrogen (secondary N) is 2. The lowest BCUT2D eigenvalue weighted by Gasteiger charge is -2.10. The van der Waals surface area contributed by atoms with Gasteiger partial charge >= 0.3 is 0 Å². The van der Waals surface area contributed by atoms with Crippen LogP contribution in [0, 0.1) is 16.0 Å². The van der Waals surface area contributed by atoms with E-state index >= 15 is 0 Å². The summed E-state index contributed by atoms with van der Waals surface area (Å²) in [5.74, 6) is 0.677. The maximum Gasteiger partial charge on any atom is 0.293 e. The average molecular weight is 366 g/mol. The molecule has 130 valence electrons. The molecule has 0 aromatic heterocycles. The number of benzene rings is 1. The van der Waals surface area contributed by atoms with Crippen LogP contribution in [0.1, 0.15) is 12.8 Å². The fourth-order valence-electron chi connectivity index (χ4n) is 2.43. The third-order valence-corrected chi connectivity index (χ3v) is 5.17. The van der Waals surface area contributed by atoms with Crippen molar-refractivity contribution in [3.63, 3.8) is 0 Å². The second-order valence-corrected chi connectivity index (χ2v) is 6.87. The molecule has 0 radical (unpaired) electrons. The first-order valence-electron chi connectivity index (χ1n) is 6.97. The summed E-state index contributed by atoms with van der Waals surface area (Å²) in [6, 6.07) is 3.69. The van der Waals surface area contributed by atoms with Gasteiger partial charge in [-0.15, -0.1) is 12.4 Å². The third kappa shape index (κ3) is 5.03. The molecule has 1 aliphatic heterocycles. The van der Waals surface area contributed by atoms with Crippen molar-refractivity contribution in [1.29, 1.82) is 0 Å². The molecule has 1 aliphatic rings. The summed E-state index contributed by atoms with van der Waals surface area (Å²) in [6.45, 7) is 2.09. The van der Waals surface area contributed by atoms with Gasteiger partial charge in [0, 0.05) is 6.54 Å². The first kappa shape index (κ1) is 19.6. The predicted molar refractivity (Wildman–Crippen MR) is 87.7 cm³/mol. The Labute approximate surface area is 141 Å². The van der Waals surface area contributed by atoms with Crippen LogP contribution in [0.4, 0.5) is 5.69 Å². The normalized spacial score (nSPS) is 17.5. The highest BCUT2D eigenvalue weighted by Crippen LogP contribution is 2.28. The van der Waals surface area contributed by atoms with Crippen molar-refractivity contribution >= 4 is 28.1 Å². The maximum atomic E-state index is 12.3. The van der Waals surface area contributed by atoms with E-state index in [4.69, 9.17) is 4.74 Å². The first-order valence-corrected chi connectivity index (χ1v) is 8.45. The molecule has 0 aliphatic carbocycles. The molecule has 1 heterocycles. The number of rotatable bonds is 7. The van der Waals surface area contributed by atoms with E-state index in [1.54, 1.807) is 0 Å². The van der Waals surface area contributed by atoms with Crippen LogP contribution in [0.2, 0.25) is 0 Å². The minimum Gasteiger partial charge on any atom is -0.497 e. The Morgan fingerprint density at radius 3 is 2.78 bits per heavy atom. The van der Waals surface area contributed by atoms with E-state index in [2.05, 4.69) is 10.0 Å². The number of hydrogen-bond acceptors (Lipinski definition) is 6. The number of nitrogens with zero attached hydrogens (tertiary/aromatic N) is 1. The molecule has 1 fully saturated rings. The van der Waals surface area contributed by atoms with Gasteiger partial charge in [0.05, 0.1) is 18.1 Å². The highest BCUT2D eigenvalue weighted by Gasteiger charge is 2.26. The minimum atomic E-state index is -3.92. The van der Waals surface area contributed by atoms with Crippen molar-refractivity contribution in [2.24, 2.45) is 5.92 Å². The summed E-state index contributed by atoms with van der Waals surface area (Å²) < 4.78 is 31.8. The summed E-state index contributed by atoms with van der Waals surface area (Å²) in [5.41, 5.74) is -0.491. The number of ether oxygens (including phenoxy) is 1. The molecule has 10 heteroatoms. The first-order chi connectivity index (χ1) is 10.4. The Balaban J connectivity index is 0.00000264. The zero-order valence-electron chi connectivity index (χ0n) is 12.6. The Morgan fingerprint density at radius 1 is 1.48 bits per heavy atom. The van der Waals surface area contributed by atoms with Crippen molar-refractivity contribution < 1.29 is 18.1 Å². The van der Waals surface area contributed by atoms with Crippen molar-refractivity contribution in [2.45, 2.75) is 17.7 Å². The molecule has 1 saturated heterocycles. The van der Waals surface area contributed by atoms with Gasteiger partial charge in [0.25, 0.3) is 5.69 Å². The van der Waals surface area contributed by atoms with E-state index in [0.717, 1.165) is 25.6 Å². The molecule has 1 aromatic rings. The Kier molecular flexibility index (Phi) is 7.20. The van der Waals surface area contributed by atoms with Gasteiger partial charge < -0.3 is 10.1 Å². The maximum absolute atomic E-state index is 12.3. The molecule has 1 unspecified atom stereocenters. The molecule has 2 N–H and O–H groups in total. The molecule has 23 heavy (non-hydrogen) atoms. The molecule has 0 spiro atoms. The predicted octanol–water partition coefficient (Wildman–Crippen LogP) is 1.30. The van der Waals surface area contributed by atoms with Crippen molar-refractivity contribution in [2.75, 3.05) is 26.7 Å². The van der Waals surface area contributed by atoms with E-state index in [1.165, 1.54) is 19.2 Å². The van der Waals surface area contributed by atoms with Crippen LogP contribution in [0.3, 0.4) is 0 Å². The van der Waals surface area contributed by atoms with E-state index in [-0.39, 0.29) is 29.6 Å². The second-order valence-electron chi connectivity index (χ2n) is 5.14. The number of sulfonamides is 1. The number of methoxy groups -OCH3 is 1. The second kappa shape index (κ2) is 8.44. The van der Waals surface area contributed by atoms with Crippen LogP contribution >= 0.6 is 12.4 Å². The van der Waals surface area contributed by atoms with Gasteiger partial charge in [0.1, 0.15) is 5.75 Å². The van der Waals surface area contributed by atoms with Gasteiger partial charge in [0.15, 0.2) is 4.90 Å². The van der Waals surface area contributed by atoms with E-state index in [9.17, 15) is 18.5 Å². The standard InChI is InChI=1S/C13H19N3O5S.ClH/c1-21-11-2-3-13(12(8-11)16(17)18)22(19,20)15-7-5-10-4-6-14-9-10;/h2-3,8,10,14-15H,4-7,9H2,1H3;1H. The van der Waals surface area contributed by atoms with Crippen LogP contribution in [0.5, 0.6) is 5.75 Å². The lowest BCUT2D eigenvalue weighted by atomic mass is 10.1. The Bertz CT molecular complexity index is 647. The van der Waals surface area contributed by atoms with E-state index < -0.39 is 20.6 Å². The van der Waals surface area contributed by atoms with Gasteiger partial charge in [-0.2, -0.15) is 0 Å². The molecule has 8 nitrogen and oxygen atoms in total. The number of halogens is 1. The molecule has 0 bridgehead atoms. The van der Waals surface area contributed by atoms with E-state index in [1.807, 2.05) is 0 Å². The van der Waals surface area contributed by atoms with Crippen LogP contribution in [0.25, 0.3) is 0 Å². The number of hydrogen-bond donors (Lipinski definition) is 2. The van der Waals surface area contributed by atoms with E-state index in [0.29, 0.717) is 12.3 Å². The van der Waals surface area contributed by atoms with Gasteiger partial charge in [-0.25, -0.2) is 13.1 Å². The fraction of sp³-hybridized carbons (Fsp3) is 0.538. The van der Waals surface area contributed by atoms with Crippen molar-refractivity contribution in [3.8, 4) is 5.75 Å². The molecule has 1 atom stereocenters. The lowest BCUT2D eigenvalue weighted by Crippen LogP contribution is -2.27. The fourth-order valence-corrected chi connectivity index (χ4v) is 3.63. The van der Waals surface area contributed by atoms with Crippen LogP contribution in [0.15, 0.2) is 23.1 Å². The smallest absolute Gasteiger partial charge is 0.293 e. The summed E-state index contributed by atoms with van der Waals surface area (Å²) in [5, 5.41) is 14.3. The van der Waals surface area contributed by atoms with Gasteiger partial charge in [-0.1, -0.05) is 0 Å². The highest BCUT2D eigenvalue weighted by molar-refractivity contribution is 7.89. The SMILES string of the molecule is COc1ccc(S(=O)(=O)NCCC2CCNC2)c([N+](=O)[O-])c1.Cl. The lowest BCUT2D eigenvalue weighted by molar-refractivity contribution is -0.387. The quantitative estimate of drug-likeness (QED) is 0.556. The highest BCUT2D eigenvalue weighted by atomic mass is 35.5. The van der Waals surface area contributed by atoms with Gasteiger partial charge in [0.2, 0.25) is 10.0 Å². The monoisotopic (exact) mass is 365 g/mol. The van der Waals surface area contributed by atoms with Crippen molar-refractivity contribution in [1.82, 2.24) is 10.0 Å². The molecular formula is C13H20ClN3O5S. The largest absolute Gasteiger partial charge is 0.497 e. The summed E-state index contributed by atoms with van der Waals surface area (Å²) in [6.07, 6.45) is 1.72. The van der Waals surface area contributed by atoms with Gasteiger partial charge in [-0.05, 0) is 44.0 Å². The summed E-state index contributed by atoms with van der Waals surface area (Å²) in [4.78, 5) is 10.0.